The number of benzene rings is 2. The number of hydrogen-bond acceptors (Lipinski definition) is 4. The molecule has 4 aliphatic heterocycles. The predicted molar refractivity (Wildman–Crippen MR) is 111 cm³/mol. The Kier molecular flexibility index (Phi) is 5.49. The van der Waals surface area contributed by atoms with E-state index in [1.54, 1.807) is 17.0 Å². The van der Waals surface area contributed by atoms with Crippen molar-refractivity contribution in [1.82, 2.24) is 9.80 Å². The summed E-state index contributed by atoms with van der Waals surface area (Å²) in [7, 11) is 0. The summed E-state index contributed by atoms with van der Waals surface area (Å²) in [6.07, 6.45) is -2.42. The molecule has 4 heterocycles. The Bertz CT molecular complexity index is 971. The average Bonchev–Trinajstić information content (AvgIpc) is 2.79. The van der Waals surface area contributed by atoms with Gasteiger partial charge in [-0.25, -0.2) is 4.79 Å². The van der Waals surface area contributed by atoms with Crippen molar-refractivity contribution in [2.45, 2.75) is 37.8 Å². The minimum absolute atomic E-state index is 0.106. The third-order valence-corrected chi connectivity index (χ3v) is 6.80. The van der Waals surface area contributed by atoms with Crippen LogP contribution >= 0.6 is 0 Å². The van der Waals surface area contributed by atoms with Gasteiger partial charge in [-0.1, -0.05) is 36.4 Å². The van der Waals surface area contributed by atoms with Gasteiger partial charge in [0.25, 0.3) is 0 Å². The van der Waals surface area contributed by atoms with E-state index in [2.05, 4.69) is 9.64 Å². The number of amides is 1. The summed E-state index contributed by atoms with van der Waals surface area (Å²) >= 11 is 0. The number of carbonyl (C=O) groups is 1. The van der Waals surface area contributed by atoms with Gasteiger partial charge in [0.15, 0.2) is 0 Å². The monoisotopic (exact) mass is 446 g/mol. The molecule has 2 aromatic carbocycles. The first kappa shape index (κ1) is 21.1. The van der Waals surface area contributed by atoms with Gasteiger partial charge in [-0.3, -0.25) is 9.80 Å². The number of ether oxygens (including phenoxy) is 2. The highest BCUT2D eigenvalue weighted by atomic mass is 19.4. The smallest absolute Gasteiger partial charge is 0.444 e. The second kappa shape index (κ2) is 8.31. The van der Waals surface area contributed by atoms with Crippen molar-refractivity contribution in [2.24, 2.45) is 5.92 Å². The van der Waals surface area contributed by atoms with E-state index in [0.717, 1.165) is 49.2 Å². The zero-order valence-electron chi connectivity index (χ0n) is 17.6. The van der Waals surface area contributed by atoms with E-state index in [9.17, 15) is 18.0 Å². The summed E-state index contributed by atoms with van der Waals surface area (Å²) in [5, 5.41) is 0. The highest BCUT2D eigenvalue weighted by Gasteiger charge is 2.39. The van der Waals surface area contributed by atoms with Crippen LogP contribution in [0.2, 0.25) is 0 Å². The summed E-state index contributed by atoms with van der Waals surface area (Å²) in [6, 6.07) is 13.2. The lowest BCUT2D eigenvalue weighted by Gasteiger charge is -2.45. The molecule has 32 heavy (non-hydrogen) atoms. The van der Waals surface area contributed by atoms with E-state index in [-0.39, 0.29) is 17.9 Å². The van der Waals surface area contributed by atoms with Gasteiger partial charge in [0.05, 0.1) is 6.04 Å². The Morgan fingerprint density at radius 3 is 2.34 bits per heavy atom. The molecule has 4 aliphatic rings. The van der Waals surface area contributed by atoms with Gasteiger partial charge >= 0.3 is 12.5 Å². The fraction of sp³-hybridized carbons (Fsp3) is 0.458. The van der Waals surface area contributed by atoms with E-state index in [1.165, 1.54) is 12.1 Å². The SMILES string of the molecule is O=C(O[C@@H]1CN2CCC1CC2)N1CCc2ccccc2[C@@H]1c1ccc(OC(F)(F)F)cc1. The second-order valence-corrected chi connectivity index (χ2v) is 8.72. The van der Waals surface area contributed by atoms with Crippen LogP contribution in [0.25, 0.3) is 0 Å². The highest BCUT2D eigenvalue weighted by molar-refractivity contribution is 5.70. The van der Waals surface area contributed by atoms with Gasteiger partial charge in [-0.2, -0.15) is 0 Å². The fourth-order valence-electron chi connectivity index (χ4n) is 5.22. The van der Waals surface area contributed by atoms with Crippen LogP contribution in [0.15, 0.2) is 48.5 Å². The van der Waals surface area contributed by atoms with E-state index in [1.807, 2.05) is 24.3 Å². The molecule has 0 radical (unpaired) electrons. The molecule has 2 aromatic rings. The van der Waals surface area contributed by atoms with Gasteiger partial charge in [0.2, 0.25) is 0 Å². The molecule has 1 amide bonds. The number of carbonyl (C=O) groups excluding carboxylic acids is 1. The summed E-state index contributed by atoms with van der Waals surface area (Å²) in [6.45, 7) is 3.38. The molecule has 2 bridgehead atoms. The maximum absolute atomic E-state index is 13.3. The lowest BCUT2D eigenvalue weighted by Crippen LogP contribution is -2.53. The number of halogens is 3. The zero-order valence-corrected chi connectivity index (χ0v) is 17.6. The molecule has 3 fully saturated rings. The first-order valence-electron chi connectivity index (χ1n) is 11.0. The van der Waals surface area contributed by atoms with E-state index in [0.29, 0.717) is 18.9 Å². The minimum Gasteiger partial charge on any atom is -0.444 e. The van der Waals surface area contributed by atoms with Crippen molar-refractivity contribution in [2.75, 3.05) is 26.2 Å². The number of fused-ring (bicyclic) bond motifs is 4. The lowest BCUT2D eigenvalue weighted by molar-refractivity contribution is -0.274. The first-order chi connectivity index (χ1) is 15.4. The van der Waals surface area contributed by atoms with Crippen LogP contribution in [0.5, 0.6) is 5.75 Å². The van der Waals surface area contributed by atoms with Gasteiger partial charge in [-0.05, 0) is 67.1 Å². The van der Waals surface area contributed by atoms with Gasteiger partial charge in [-0.15, -0.1) is 13.2 Å². The normalized spacial score (nSPS) is 27.0. The van der Waals surface area contributed by atoms with Crippen LogP contribution in [0.4, 0.5) is 18.0 Å². The van der Waals surface area contributed by atoms with Crippen LogP contribution in [-0.2, 0) is 11.2 Å². The van der Waals surface area contributed by atoms with Crippen LogP contribution in [0.1, 0.15) is 35.6 Å². The third kappa shape index (κ3) is 4.28. The Labute approximate surface area is 184 Å². The molecule has 3 saturated heterocycles. The molecule has 2 atom stereocenters. The molecule has 0 aliphatic carbocycles. The van der Waals surface area contributed by atoms with Crippen molar-refractivity contribution in [3.63, 3.8) is 0 Å². The maximum atomic E-state index is 13.3. The predicted octanol–water partition coefficient (Wildman–Crippen LogP) is 4.76. The topological polar surface area (TPSA) is 42.0 Å². The molecule has 0 unspecified atom stereocenters. The van der Waals surface area contributed by atoms with E-state index < -0.39 is 12.4 Å². The first-order valence-corrected chi connectivity index (χ1v) is 11.0. The van der Waals surface area contributed by atoms with Gasteiger partial charge < -0.3 is 9.47 Å². The average molecular weight is 446 g/mol. The maximum Gasteiger partial charge on any atom is 0.573 e. The quantitative estimate of drug-likeness (QED) is 0.682. The van der Waals surface area contributed by atoms with Crippen LogP contribution in [-0.4, -0.2) is 54.5 Å². The van der Waals surface area contributed by atoms with Crippen molar-refractivity contribution < 1.29 is 27.4 Å². The van der Waals surface area contributed by atoms with Crippen molar-refractivity contribution >= 4 is 6.09 Å². The molecule has 0 saturated carbocycles. The number of alkyl halides is 3. The van der Waals surface area contributed by atoms with Crippen LogP contribution in [0, 0.1) is 5.92 Å². The summed E-state index contributed by atoms with van der Waals surface area (Å²) < 4.78 is 47.7. The van der Waals surface area contributed by atoms with Crippen LogP contribution in [0.3, 0.4) is 0 Å². The molecule has 0 N–H and O–H groups in total. The summed E-state index contributed by atoms with van der Waals surface area (Å²) in [5.41, 5.74) is 2.81. The minimum atomic E-state index is -4.75. The highest BCUT2D eigenvalue weighted by Crippen LogP contribution is 2.38. The Morgan fingerprint density at radius 1 is 0.969 bits per heavy atom. The molecule has 6 rings (SSSR count). The molecular weight excluding hydrogens is 421 g/mol. The number of hydrogen-bond donors (Lipinski definition) is 0. The van der Waals surface area contributed by atoms with Gasteiger partial charge in [0.1, 0.15) is 11.9 Å². The third-order valence-electron chi connectivity index (χ3n) is 6.80. The van der Waals surface area contributed by atoms with E-state index >= 15 is 0 Å². The molecular formula is C24H25F3N2O3. The summed E-state index contributed by atoms with van der Waals surface area (Å²) in [5.74, 6) is 0.116. The lowest BCUT2D eigenvalue weighted by atomic mass is 9.86. The van der Waals surface area contributed by atoms with Crippen LogP contribution < -0.4 is 4.74 Å². The number of piperidine rings is 3. The fourth-order valence-corrected chi connectivity index (χ4v) is 5.22. The zero-order chi connectivity index (χ0) is 22.3. The number of nitrogens with zero attached hydrogens (tertiary/aromatic N) is 2. The van der Waals surface area contributed by atoms with Crippen molar-refractivity contribution in [3.8, 4) is 5.75 Å². The largest absolute Gasteiger partial charge is 0.573 e. The molecule has 0 aromatic heterocycles. The molecule has 5 nitrogen and oxygen atoms in total. The van der Waals surface area contributed by atoms with Crippen molar-refractivity contribution in [3.05, 3.63) is 65.2 Å². The standard InChI is InChI=1S/C24H25F3N2O3/c25-24(26,27)32-19-7-5-18(6-8-19)22-20-4-2-1-3-16(20)11-14-29(22)23(30)31-21-15-28-12-9-17(21)10-13-28/h1-8,17,21-22H,9-15H2/t21-,22+/m1/s1. The summed E-state index contributed by atoms with van der Waals surface area (Å²) in [4.78, 5) is 17.3. The number of rotatable bonds is 3. The Hall–Kier alpha value is -2.74. The second-order valence-electron chi connectivity index (χ2n) is 8.72. The Morgan fingerprint density at radius 2 is 1.69 bits per heavy atom. The Balaban J connectivity index is 1.41. The molecule has 0 spiro atoms. The van der Waals surface area contributed by atoms with Crippen molar-refractivity contribution in [1.29, 1.82) is 0 Å². The molecule has 170 valence electrons. The molecule has 8 heteroatoms. The van der Waals surface area contributed by atoms with E-state index in [4.69, 9.17) is 4.74 Å². The van der Waals surface area contributed by atoms with Gasteiger partial charge in [0, 0.05) is 13.1 Å².